The van der Waals surface area contributed by atoms with Crippen LogP contribution >= 0.6 is 0 Å². The molecule has 0 spiro atoms. The molecule has 6 heteroatoms. The minimum absolute atomic E-state index is 0.0752. The monoisotopic (exact) mass is 440 g/mol. The number of hydrogen-bond donors (Lipinski definition) is 3. The third-order valence-corrected chi connectivity index (χ3v) is 7.20. The fourth-order valence-corrected chi connectivity index (χ4v) is 3.29. The van der Waals surface area contributed by atoms with E-state index in [1.807, 2.05) is 6.07 Å². The Kier molecular flexibility index (Phi) is 8.49. The minimum atomic E-state index is -0.0979. The van der Waals surface area contributed by atoms with Gasteiger partial charge in [-0.1, -0.05) is 47.6 Å². The third-order valence-electron chi connectivity index (χ3n) is 7.20. The molecule has 2 rings (SSSR count). The van der Waals surface area contributed by atoms with Gasteiger partial charge in [0.15, 0.2) is 0 Å². The molecule has 0 unspecified atom stereocenters. The molecule has 0 radical (unpaired) electrons. The van der Waals surface area contributed by atoms with Gasteiger partial charge in [0.05, 0.1) is 0 Å². The zero-order valence-electron chi connectivity index (χ0n) is 21.7. The zero-order chi connectivity index (χ0) is 24.0. The molecule has 0 aliphatic carbocycles. The second-order valence-corrected chi connectivity index (χ2v) is 10.0. The standard InChI is InChI=1S/C26H44N6/c1-10-24(6,7)32-23-29-21(25(8,11-2)12-3)28-22(30-23)27-19-16-15-17-20(18-19)31-26(9,13-4)14-5/h15-18,31H,10-14H2,1-9H3,(H2,27,28,29,30,32). The summed E-state index contributed by atoms with van der Waals surface area (Å²) in [7, 11) is 0. The van der Waals surface area contributed by atoms with Gasteiger partial charge in [-0.3, -0.25) is 0 Å². The molecule has 178 valence electrons. The summed E-state index contributed by atoms with van der Waals surface area (Å²) in [5.74, 6) is 2.02. The number of anilines is 4. The van der Waals surface area contributed by atoms with Gasteiger partial charge in [0, 0.05) is 27.9 Å². The maximum absolute atomic E-state index is 4.84. The van der Waals surface area contributed by atoms with E-state index in [-0.39, 0.29) is 16.5 Å². The van der Waals surface area contributed by atoms with E-state index in [9.17, 15) is 0 Å². The molecule has 0 atom stereocenters. The first-order valence-corrected chi connectivity index (χ1v) is 12.2. The topological polar surface area (TPSA) is 74.8 Å². The van der Waals surface area contributed by atoms with E-state index in [1.54, 1.807) is 0 Å². The Balaban J connectivity index is 2.41. The van der Waals surface area contributed by atoms with E-state index in [2.05, 4.69) is 96.5 Å². The predicted molar refractivity (Wildman–Crippen MR) is 138 cm³/mol. The Morgan fingerprint density at radius 2 is 1.28 bits per heavy atom. The SMILES string of the molecule is CCC(C)(C)Nc1nc(Nc2cccc(NC(C)(CC)CC)c2)nc(C(C)(CC)CC)n1. The van der Waals surface area contributed by atoms with E-state index >= 15 is 0 Å². The molecule has 2 aromatic rings. The largest absolute Gasteiger partial charge is 0.380 e. The summed E-state index contributed by atoms with van der Waals surface area (Å²) < 4.78 is 0. The Labute approximate surface area is 195 Å². The summed E-state index contributed by atoms with van der Waals surface area (Å²) in [6.07, 6.45) is 5.03. The number of nitrogens with zero attached hydrogens (tertiary/aromatic N) is 3. The van der Waals surface area contributed by atoms with E-state index < -0.39 is 0 Å². The van der Waals surface area contributed by atoms with Crippen LogP contribution in [0, 0.1) is 0 Å². The van der Waals surface area contributed by atoms with Gasteiger partial charge in [-0.2, -0.15) is 15.0 Å². The van der Waals surface area contributed by atoms with Crippen molar-refractivity contribution in [2.75, 3.05) is 16.0 Å². The van der Waals surface area contributed by atoms with Crippen molar-refractivity contribution < 1.29 is 0 Å². The number of hydrogen-bond acceptors (Lipinski definition) is 6. The van der Waals surface area contributed by atoms with E-state index in [1.165, 1.54) is 0 Å². The smallest absolute Gasteiger partial charge is 0.232 e. The number of nitrogens with one attached hydrogen (secondary N) is 3. The molecule has 6 nitrogen and oxygen atoms in total. The zero-order valence-corrected chi connectivity index (χ0v) is 21.7. The molecule has 0 amide bonds. The highest BCUT2D eigenvalue weighted by Crippen LogP contribution is 2.31. The van der Waals surface area contributed by atoms with E-state index in [0.717, 1.165) is 49.3 Å². The molecule has 0 bridgehead atoms. The predicted octanol–water partition coefficient (Wildman–Crippen LogP) is 7.28. The van der Waals surface area contributed by atoms with Crippen molar-refractivity contribution in [2.24, 2.45) is 0 Å². The summed E-state index contributed by atoms with van der Waals surface area (Å²) in [6.45, 7) is 19.8. The van der Waals surface area contributed by atoms with Crippen LogP contribution in [-0.4, -0.2) is 26.0 Å². The van der Waals surface area contributed by atoms with Gasteiger partial charge in [-0.25, -0.2) is 0 Å². The van der Waals surface area contributed by atoms with Gasteiger partial charge in [0.25, 0.3) is 0 Å². The first-order valence-electron chi connectivity index (χ1n) is 12.2. The van der Waals surface area contributed by atoms with Gasteiger partial charge < -0.3 is 16.0 Å². The van der Waals surface area contributed by atoms with Crippen molar-refractivity contribution in [2.45, 2.75) is 111 Å². The fourth-order valence-electron chi connectivity index (χ4n) is 3.29. The van der Waals surface area contributed by atoms with Crippen LogP contribution in [0.4, 0.5) is 23.3 Å². The molecule has 0 aliphatic rings. The van der Waals surface area contributed by atoms with Gasteiger partial charge in [0.1, 0.15) is 5.82 Å². The maximum atomic E-state index is 4.84. The Bertz CT molecular complexity index is 868. The van der Waals surface area contributed by atoms with Crippen molar-refractivity contribution in [3.8, 4) is 0 Å². The summed E-state index contributed by atoms with van der Waals surface area (Å²) >= 11 is 0. The minimum Gasteiger partial charge on any atom is -0.380 e. The van der Waals surface area contributed by atoms with Crippen LogP contribution < -0.4 is 16.0 Å². The summed E-state index contributed by atoms with van der Waals surface area (Å²) in [6, 6.07) is 8.33. The number of benzene rings is 1. The third kappa shape index (κ3) is 6.57. The second kappa shape index (κ2) is 10.5. The molecule has 3 N–H and O–H groups in total. The Morgan fingerprint density at radius 1 is 0.688 bits per heavy atom. The summed E-state index contributed by atoms with van der Waals surface area (Å²) in [5, 5.41) is 10.6. The molecule has 32 heavy (non-hydrogen) atoms. The maximum Gasteiger partial charge on any atom is 0.232 e. The molecule has 0 saturated heterocycles. The molecular weight excluding hydrogens is 396 g/mol. The highest BCUT2D eigenvalue weighted by molar-refractivity contribution is 5.62. The normalized spacial score (nSPS) is 12.5. The Hall–Kier alpha value is -2.37. The van der Waals surface area contributed by atoms with Crippen LogP contribution in [0.5, 0.6) is 0 Å². The molecule has 1 aromatic heterocycles. The van der Waals surface area contributed by atoms with Crippen LogP contribution in [-0.2, 0) is 5.41 Å². The Morgan fingerprint density at radius 3 is 1.84 bits per heavy atom. The van der Waals surface area contributed by atoms with Crippen molar-refractivity contribution in [1.82, 2.24) is 15.0 Å². The number of rotatable bonds is 12. The number of aromatic nitrogens is 3. The van der Waals surface area contributed by atoms with Crippen molar-refractivity contribution in [3.63, 3.8) is 0 Å². The molecule has 1 aromatic carbocycles. The first kappa shape index (κ1) is 25.9. The summed E-state index contributed by atoms with van der Waals surface area (Å²) in [4.78, 5) is 14.4. The van der Waals surface area contributed by atoms with Crippen LogP contribution in [0.3, 0.4) is 0 Å². The lowest BCUT2D eigenvalue weighted by atomic mass is 9.84. The molecule has 0 fully saturated rings. The van der Waals surface area contributed by atoms with Crippen LogP contribution in [0.25, 0.3) is 0 Å². The van der Waals surface area contributed by atoms with Crippen molar-refractivity contribution in [3.05, 3.63) is 30.1 Å². The average Bonchev–Trinajstić information content (AvgIpc) is 2.78. The second-order valence-electron chi connectivity index (χ2n) is 10.0. The van der Waals surface area contributed by atoms with Crippen molar-refractivity contribution in [1.29, 1.82) is 0 Å². The lowest BCUT2D eigenvalue weighted by Gasteiger charge is -2.30. The van der Waals surface area contributed by atoms with Crippen LogP contribution in [0.1, 0.15) is 100 Å². The van der Waals surface area contributed by atoms with Gasteiger partial charge in [-0.05, 0) is 71.1 Å². The highest BCUT2D eigenvalue weighted by Gasteiger charge is 2.28. The first-order chi connectivity index (χ1) is 15.0. The van der Waals surface area contributed by atoms with Gasteiger partial charge in [0.2, 0.25) is 11.9 Å². The highest BCUT2D eigenvalue weighted by atomic mass is 15.2. The van der Waals surface area contributed by atoms with Gasteiger partial charge >= 0.3 is 0 Å². The lowest BCUT2D eigenvalue weighted by Crippen LogP contribution is -2.32. The fraction of sp³-hybridized carbons (Fsp3) is 0.654. The van der Waals surface area contributed by atoms with Crippen LogP contribution in [0.2, 0.25) is 0 Å². The quantitative estimate of drug-likeness (QED) is 0.322. The summed E-state index contributed by atoms with van der Waals surface area (Å²) in [5.41, 5.74) is 1.93. The average molecular weight is 441 g/mol. The molecule has 0 saturated carbocycles. The van der Waals surface area contributed by atoms with Crippen molar-refractivity contribution >= 4 is 23.3 Å². The van der Waals surface area contributed by atoms with E-state index in [0.29, 0.717) is 11.9 Å². The lowest BCUT2D eigenvalue weighted by molar-refractivity contribution is 0.410. The molecule has 1 heterocycles. The van der Waals surface area contributed by atoms with Crippen LogP contribution in [0.15, 0.2) is 24.3 Å². The van der Waals surface area contributed by atoms with Gasteiger partial charge in [-0.15, -0.1) is 0 Å². The molecular formula is C26H44N6. The molecule has 0 aliphatic heterocycles. The van der Waals surface area contributed by atoms with E-state index in [4.69, 9.17) is 15.0 Å².